The fourth-order valence-corrected chi connectivity index (χ4v) is 2.81. The number of halogens is 4. The van der Waals surface area contributed by atoms with Gasteiger partial charge in [-0.05, 0) is 18.2 Å². The van der Waals surface area contributed by atoms with Crippen LogP contribution in [0.15, 0.2) is 35.2 Å². The van der Waals surface area contributed by atoms with Crippen molar-refractivity contribution in [3.63, 3.8) is 0 Å². The number of benzene rings is 2. The average molecular weight is 337 g/mol. The van der Waals surface area contributed by atoms with Gasteiger partial charge in [-0.25, -0.2) is 21.6 Å². The van der Waals surface area contributed by atoms with E-state index in [9.17, 15) is 21.6 Å². The SMILES string of the molecule is Nc1ccc(S(=O)(=O)Nc2cc(F)c(F)cc2F)cc1Cl. The Balaban J connectivity index is 2.42. The number of hydrogen-bond acceptors (Lipinski definition) is 3. The van der Waals surface area contributed by atoms with Crippen molar-refractivity contribution in [3.05, 3.63) is 52.8 Å². The molecule has 9 heteroatoms. The van der Waals surface area contributed by atoms with Crippen LogP contribution in [0.1, 0.15) is 0 Å². The Kier molecular flexibility index (Phi) is 4.02. The highest BCUT2D eigenvalue weighted by molar-refractivity contribution is 7.92. The smallest absolute Gasteiger partial charge is 0.262 e. The molecule has 0 heterocycles. The predicted molar refractivity (Wildman–Crippen MR) is 73.0 cm³/mol. The molecular formula is C12H8ClF3N2O2S. The molecule has 2 aromatic carbocycles. The van der Waals surface area contributed by atoms with Crippen molar-refractivity contribution in [1.82, 2.24) is 0 Å². The van der Waals surface area contributed by atoms with Gasteiger partial charge in [0.05, 0.1) is 21.3 Å². The number of anilines is 2. The Bertz CT molecular complexity index is 812. The summed E-state index contributed by atoms with van der Waals surface area (Å²) >= 11 is 5.70. The number of hydrogen-bond donors (Lipinski definition) is 2. The molecule has 0 aliphatic rings. The van der Waals surface area contributed by atoms with E-state index in [1.807, 2.05) is 4.72 Å². The summed E-state index contributed by atoms with van der Waals surface area (Å²) in [6, 6.07) is 4.08. The molecule has 3 N–H and O–H groups in total. The number of nitrogens with one attached hydrogen (secondary N) is 1. The molecule has 0 amide bonds. The standard InChI is InChI=1S/C12H8ClF3N2O2S/c13-7-3-6(1-2-11(7)17)21(19,20)18-12-5-9(15)8(14)4-10(12)16/h1-5,18H,17H2. The number of nitrogen functional groups attached to an aromatic ring is 1. The minimum Gasteiger partial charge on any atom is -0.398 e. The first-order chi connectivity index (χ1) is 9.70. The van der Waals surface area contributed by atoms with E-state index >= 15 is 0 Å². The quantitative estimate of drug-likeness (QED) is 0.668. The largest absolute Gasteiger partial charge is 0.398 e. The van der Waals surface area contributed by atoms with Gasteiger partial charge in [-0.3, -0.25) is 4.72 Å². The van der Waals surface area contributed by atoms with Crippen LogP contribution in [0, 0.1) is 17.5 Å². The highest BCUT2D eigenvalue weighted by Gasteiger charge is 2.19. The van der Waals surface area contributed by atoms with E-state index in [0.717, 1.165) is 12.1 Å². The van der Waals surface area contributed by atoms with Crippen LogP contribution in [-0.4, -0.2) is 8.42 Å². The van der Waals surface area contributed by atoms with Crippen LogP contribution in [0.25, 0.3) is 0 Å². The van der Waals surface area contributed by atoms with Crippen LogP contribution in [-0.2, 0) is 10.0 Å². The van der Waals surface area contributed by atoms with E-state index in [1.165, 1.54) is 6.07 Å². The maximum Gasteiger partial charge on any atom is 0.262 e. The predicted octanol–water partition coefficient (Wildman–Crippen LogP) is 3.14. The summed E-state index contributed by atoms with van der Waals surface area (Å²) in [6.45, 7) is 0. The summed E-state index contributed by atoms with van der Waals surface area (Å²) in [7, 11) is -4.22. The molecular weight excluding hydrogens is 329 g/mol. The topological polar surface area (TPSA) is 72.2 Å². The molecule has 21 heavy (non-hydrogen) atoms. The average Bonchev–Trinajstić information content (AvgIpc) is 2.39. The van der Waals surface area contributed by atoms with Gasteiger partial charge < -0.3 is 5.73 Å². The zero-order chi connectivity index (χ0) is 15.8. The normalized spacial score (nSPS) is 11.4. The first-order valence-electron chi connectivity index (χ1n) is 5.43. The fraction of sp³-hybridized carbons (Fsp3) is 0. The Hall–Kier alpha value is -1.93. The van der Waals surface area contributed by atoms with Gasteiger partial charge >= 0.3 is 0 Å². The van der Waals surface area contributed by atoms with Crippen molar-refractivity contribution < 1.29 is 21.6 Å². The van der Waals surface area contributed by atoms with Gasteiger partial charge in [0.1, 0.15) is 5.82 Å². The molecule has 0 aliphatic heterocycles. The lowest BCUT2D eigenvalue weighted by Gasteiger charge is -2.10. The molecule has 0 spiro atoms. The molecule has 0 fully saturated rings. The highest BCUT2D eigenvalue weighted by atomic mass is 35.5. The molecule has 0 radical (unpaired) electrons. The van der Waals surface area contributed by atoms with Gasteiger partial charge in [0.15, 0.2) is 11.6 Å². The maximum absolute atomic E-state index is 13.4. The Labute approximate surface area is 123 Å². The van der Waals surface area contributed by atoms with Crippen LogP contribution in [0.3, 0.4) is 0 Å². The fourth-order valence-electron chi connectivity index (χ4n) is 1.48. The summed E-state index contributed by atoms with van der Waals surface area (Å²) in [4.78, 5) is -0.300. The highest BCUT2D eigenvalue weighted by Crippen LogP contribution is 2.25. The zero-order valence-electron chi connectivity index (χ0n) is 10.2. The van der Waals surface area contributed by atoms with Crippen LogP contribution >= 0.6 is 11.6 Å². The van der Waals surface area contributed by atoms with E-state index in [2.05, 4.69) is 0 Å². The van der Waals surface area contributed by atoms with E-state index in [1.54, 1.807) is 0 Å². The molecule has 0 bridgehead atoms. The lowest BCUT2D eigenvalue weighted by atomic mass is 10.3. The van der Waals surface area contributed by atoms with E-state index < -0.39 is 33.2 Å². The van der Waals surface area contributed by atoms with Gasteiger partial charge in [0.2, 0.25) is 0 Å². The van der Waals surface area contributed by atoms with Crippen molar-refractivity contribution >= 4 is 33.0 Å². The summed E-state index contributed by atoms with van der Waals surface area (Å²) < 4.78 is 65.1. The number of rotatable bonds is 3. The van der Waals surface area contributed by atoms with Crippen molar-refractivity contribution in [1.29, 1.82) is 0 Å². The van der Waals surface area contributed by atoms with Crippen LogP contribution < -0.4 is 10.5 Å². The molecule has 2 aromatic rings. The molecule has 0 aliphatic carbocycles. The second kappa shape index (κ2) is 5.45. The maximum atomic E-state index is 13.4. The summed E-state index contributed by atoms with van der Waals surface area (Å²) in [6.07, 6.45) is 0. The van der Waals surface area contributed by atoms with E-state index in [4.69, 9.17) is 17.3 Å². The summed E-state index contributed by atoms with van der Waals surface area (Å²) in [5.41, 5.74) is 4.89. The third-order valence-corrected chi connectivity index (χ3v) is 4.23. The molecule has 0 aromatic heterocycles. The van der Waals surface area contributed by atoms with Crippen LogP contribution in [0.4, 0.5) is 24.5 Å². The summed E-state index contributed by atoms with van der Waals surface area (Å²) in [5.74, 6) is -4.06. The molecule has 112 valence electrons. The first kappa shape index (κ1) is 15.5. The number of nitrogens with two attached hydrogens (primary N) is 1. The van der Waals surface area contributed by atoms with E-state index in [-0.39, 0.29) is 21.7 Å². The number of sulfonamides is 1. The molecule has 0 atom stereocenters. The van der Waals surface area contributed by atoms with Gasteiger partial charge in [-0.15, -0.1) is 0 Å². The minimum absolute atomic E-state index is 0.0105. The molecule has 0 saturated heterocycles. The van der Waals surface area contributed by atoms with Crippen LogP contribution in [0.2, 0.25) is 5.02 Å². The van der Waals surface area contributed by atoms with Gasteiger partial charge in [-0.2, -0.15) is 0 Å². The molecule has 2 rings (SSSR count). The van der Waals surface area contributed by atoms with Crippen LogP contribution in [0.5, 0.6) is 0 Å². The second-order valence-electron chi connectivity index (χ2n) is 4.03. The van der Waals surface area contributed by atoms with Crippen molar-refractivity contribution in [2.75, 3.05) is 10.5 Å². The lowest BCUT2D eigenvalue weighted by Crippen LogP contribution is -2.14. The molecule has 4 nitrogen and oxygen atoms in total. The first-order valence-corrected chi connectivity index (χ1v) is 7.29. The van der Waals surface area contributed by atoms with E-state index in [0.29, 0.717) is 6.07 Å². The molecule has 0 unspecified atom stereocenters. The third-order valence-electron chi connectivity index (χ3n) is 2.54. The lowest BCUT2D eigenvalue weighted by molar-refractivity contribution is 0.496. The van der Waals surface area contributed by atoms with Gasteiger partial charge in [0.25, 0.3) is 10.0 Å². The minimum atomic E-state index is -4.22. The zero-order valence-corrected chi connectivity index (χ0v) is 11.8. The monoisotopic (exact) mass is 336 g/mol. The van der Waals surface area contributed by atoms with Gasteiger partial charge in [0, 0.05) is 12.1 Å². The molecule has 0 saturated carbocycles. The van der Waals surface area contributed by atoms with Crippen molar-refractivity contribution in [2.24, 2.45) is 0 Å². The van der Waals surface area contributed by atoms with Crippen molar-refractivity contribution in [3.8, 4) is 0 Å². The van der Waals surface area contributed by atoms with Crippen molar-refractivity contribution in [2.45, 2.75) is 4.90 Å². The Morgan fingerprint density at radius 1 is 1.00 bits per heavy atom. The third kappa shape index (κ3) is 3.22. The summed E-state index contributed by atoms with van der Waals surface area (Å²) in [5, 5.41) is -0.0105. The Morgan fingerprint density at radius 2 is 1.62 bits per heavy atom. The second-order valence-corrected chi connectivity index (χ2v) is 6.12. The van der Waals surface area contributed by atoms with Gasteiger partial charge in [-0.1, -0.05) is 11.6 Å². The Morgan fingerprint density at radius 3 is 2.24 bits per heavy atom.